The van der Waals surface area contributed by atoms with Crippen LogP contribution in [0.5, 0.6) is 0 Å². The predicted octanol–water partition coefficient (Wildman–Crippen LogP) is 2.46. The Labute approximate surface area is 192 Å². The first-order valence-electron chi connectivity index (χ1n) is 11.6. The molecule has 3 heterocycles. The van der Waals surface area contributed by atoms with Gasteiger partial charge in [-0.3, -0.25) is 0 Å². The minimum atomic E-state index is -3.10. The maximum Gasteiger partial charge on any atom is 0.410 e. The second-order valence-corrected chi connectivity index (χ2v) is 12.4. The summed E-state index contributed by atoms with van der Waals surface area (Å²) < 4.78 is 31.3. The van der Waals surface area contributed by atoms with Crippen molar-refractivity contribution in [2.75, 3.05) is 67.9 Å². The lowest BCUT2D eigenvalue weighted by molar-refractivity contribution is 0.0282. The molecular formula is C23H36N4O4S. The first-order valence-corrected chi connectivity index (χ1v) is 13.2. The Bertz CT molecular complexity index is 906. The fourth-order valence-corrected chi connectivity index (χ4v) is 6.05. The summed E-state index contributed by atoms with van der Waals surface area (Å²) >= 11 is 0. The normalized spacial score (nSPS) is 24.7. The lowest BCUT2D eigenvalue weighted by Crippen LogP contribution is -2.49. The second-order valence-electron chi connectivity index (χ2n) is 10.1. The summed E-state index contributed by atoms with van der Waals surface area (Å²) in [5, 5.41) is 0. The van der Waals surface area contributed by atoms with E-state index in [4.69, 9.17) is 4.74 Å². The molecule has 0 saturated carbocycles. The maximum atomic E-state index is 12.4. The van der Waals surface area contributed by atoms with Crippen LogP contribution in [0, 0.1) is 11.8 Å². The Hall–Kier alpha value is -2.00. The zero-order valence-corrected chi connectivity index (χ0v) is 20.5. The Morgan fingerprint density at radius 2 is 1.41 bits per heavy atom. The van der Waals surface area contributed by atoms with Gasteiger partial charge in [-0.15, -0.1) is 0 Å². The van der Waals surface area contributed by atoms with Gasteiger partial charge in [-0.05, 0) is 52.0 Å². The van der Waals surface area contributed by atoms with Gasteiger partial charge in [0.1, 0.15) is 5.60 Å². The maximum absolute atomic E-state index is 12.4. The van der Waals surface area contributed by atoms with Crippen LogP contribution in [0.4, 0.5) is 16.2 Å². The van der Waals surface area contributed by atoms with Crippen LogP contribution in [0.1, 0.15) is 27.7 Å². The van der Waals surface area contributed by atoms with Crippen molar-refractivity contribution in [1.82, 2.24) is 9.21 Å². The molecule has 9 heteroatoms. The molecule has 178 valence electrons. The lowest BCUT2D eigenvalue weighted by Gasteiger charge is -2.35. The Morgan fingerprint density at radius 1 is 0.906 bits per heavy atom. The number of likely N-dealkylation sites (tertiary alicyclic amines) is 1. The van der Waals surface area contributed by atoms with E-state index < -0.39 is 15.6 Å². The lowest BCUT2D eigenvalue weighted by atomic mass is 10.0. The van der Waals surface area contributed by atoms with E-state index in [0.29, 0.717) is 38.0 Å². The molecule has 32 heavy (non-hydrogen) atoms. The minimum Gasteiger partial charge on any atom is -0.444 e. The summed E-state index contributed by atoms with van der Waals surface area (Å²) in [6.45, 7) is 13.4. The number of hydrogen-bond donors (Lipinski definition) is 0. The van der Waals surface area contributed by atoms with Crippen molar-refractivity contribution in [3.63, 3.8) is 0 Å². The minimum absolute atomic E-state index is 0.162. The molecular weight excluding hydrogens is 428 g/mol. The van der Waals surface area contributed by atoms with Crippen molar-refractivity contribution in [3.05, 3.63) is 24.3 Å². The van der Waals surface area contributed by atoms with E-state index in [-0.39, 0.29) is 11.8 Å². The molecule has 3 saturated heterocycles. The SMILES string of the molecule is CCS(=O)(=O)N1CCN(c2ccc(N3CC4CN(C(=O)OC(C)(C)C)CC4C3)cc2)CC1. The molecule has 1 aromatic rings. The highest BCUT2D eigenvalue weighted by molar-refractivity contribution is 7.89. The van der Waals surface area contributed by atoms with Crippen LogP contribution in [-0.2, 0) is 14.8 Å². The van der Waals surface area contributed by atoms with Crippen LogP contribution in [-0.4, -0.2) is 87.4 Å². The average Bonchev–Trinajstić information content (AvgIpc) is 3.32. The third kappa shape index (κ3) is 4.98. The molecule has 0 N–H and O–H groups in total. The van der Waals surface area contributed by atoms with Crippen molar-refractivity contribution in [1.29, 1.82) is 0 Å². The van der Waals surface area contributed by atoms with Gasteiger partial charge < -0.3 is 19.4 Å². The smallest absolute Gasteiger partial charge is 0.410 e. The number of hydrogen-bond acceptors (Lipinski definition) is 6. The monoisotopic (exact) mass is 464 g/mol. The number of nitrogens with zero attached hydrogens (tertiary/aromatic N) is 4. The van der Waals surface area contributed by atoms with Crippen LogP contribution in [0.25, 0.3) is 0 Å². The molecule has 3 aliphatic heterocycles. The topological polar surface area (TPSA) is 73.4 Å². The summed E-state index contributed by atoms with van der Waals surface area (Å²) in [6, 6.07) is 8.61. The van der Waals surface area contributed by atoms with E-state index in [9.17, 15) is 13.2 Å². The van der Waals surface area contributed by atoms with E-state index >= 15 is 0 Å². The molecule has 0 bridgehead atoms. The number of ether oxygens (including phenoxy) is 1. The van der Waals surface area contributed by atoms with Crippen molar-refractivity contribution in [2.45, 2.75) is 33.3 Å². The first-order chi connectivity index (χ1) is 15.1. The van der Waals surface area contributed by atoms with Gasteiger partial charge >= 0.3 is 6.09 Å². The molecule has 1 amide bonds. The van der Waals surface area contributed by atoms with Gasteiger partial charge in [-0.1, -0.05) is 0 Å². The molecule has 4 rings (SSSR count). The van der Waals surface area contributed by atoms with Gasteiger partial charge in [0.2, 0.25) is 10.0 Å². The van der Waals surface area contributed by atoms with Crippen molar-refractivity contribution < 1.29 is 17.9 Å². The fourth-order valence-electron chi connectivity index (χ4n) is 4.96. The number of carbonyl (C=O) groups excluding carboxylic acids is 1. The van der Waals surface area contributed by atoms with E-state index in [1.165, 1.54) is 5.69 Å². The van der Waals surface area contributed by atoms with Gasteiger partial charge in [0.05, 0.1) is 5.75 Å². The number of amides is 1. The number of rotatable bonds is 4. The van der Waals surface area contributed by atoms with Crippen molar-refractivity contribution in [3.8, 4) is 0 Å². The average molecular weight is 465 g/mol. The molecule has 8 nitrogen and oxygen atoms in total. The summed E-state index contributed by atoms with van der Waals surface area (Å²) in [5.74, 6) is 1.13. The Balaban J connectivity index is 1.30. The highest BCUT2D eigenvalue weighted by Crippen LogP contribution is 2.35. The van der Waals surface area contributed by atoms with Crippen molar-refractivity contribution in [2.24, 2.45) is 11.8 Å². The van der Waals surface area contributed by atoms with Gasteiger partial charge in [0.25, 0.3) is 0 Å². The van der Waals surface area contributed by atoms with E-state index in [2.05, 4.69) is 34.1 Å². The fraction of sp³-hybridized carbons (Fsp3) is 0.696. The van der Waals surface area contributed by atoms with Gasteiger partial charge in [-0.25, -0.2) is 13.2 Å². The standard InChI is InChI=1S/C23H36N4O4S/c1-5-32(29,30)27-12-10-24(11-13-27)20-6-8-21(9-7-20)25-14-18-16-26(17-19(18)15-25)22(28)31-23(2,3)4/h6-9,18-19H,5,10-17H2,1-4H3. The number of fused-ring (bicyclic) bond motifs is 1. The predicted molar refractivity (Wildman–Crippen MR) is 127 cm³/mol. The molecule has 2 atom stereocenters. The third-order valence-electron chi connectivity index (χ3n) is 6.71. The van der Waals surface area contributed by atoms with Crippen LogP contribution >= 0.6 is 0 Å². The van der Waals surface area contributed by atoms with Crippen LogP contribution in [0.15, 0.2) is 24.3 Å². The second kappa shape index (κ2) is 8.74. The van der Waals surface area contributed by atoms with Gasteiger partial charge in [0.15, 0.2) is 0 Å². The van der Waals surface area contributed by atoms with E-state index in [1.54, 1.807) is 11.2 Å². The Morgan fingerprint density at radius 3 is 1.88 bits per heavy atom. The summed E-state index contributed by atoms with van der Waals surface area (Å²) in [4.78, 5) is 18.9. The molecule has 0 aromatic heterocycles. The zero-order valence-electron chi connectivity index (χ0n) is 19.7. The highest BCUT2D eigenvalue weighted by atomic mass is 32.2. The number of sulfonamides is 1. The molecule has 0 radical (unpaired) electrons. The number of carbonyl (C=O) groups is 1. The van der Waals surface area contributed by atoms with Crippen LogP contribution in [0.3, 0.4) is 0 Å². The highest BCUT2D eigenvalue weighted by Gasteiger charge is 2.42. The van der Waals surface area contributed by atoms with Gasteiger partial charge in [-0.2, -0.15) is 4.31 Å². The first kappa shape index (κ1) is 23.2. The molecule has 1 aromatic carbocycles. The number of benzene rings is 1. The van der Waals surface area contributed by atoms with Crippen LogP contribution < -0.4 is 9.80 Å². The number of anilines is 2. The summed E-state index contributed by atoms with van der Waals surface area (Å²) in [6.07, 6.45) is -0.199. The quantitative estimate of drug-likeness (QED) is 0.682. The number of piperazine rings is 1. The zero-order chi connectivity index (χ0) is 23.1. The Kier molecular flexibility index (Phi) is 6.33. The van der Waals surface area contributed by atoms with E-state index in [0.717, 1.165) is 31.9 Å². The largest absolute Gasteiger partial charge is 0.444 e. The molecule has 3 fully saturated rings. The van der Waals surface area contributed by atoms with Crippen LogP contribution in [0.2, 0.25) is 0 Å². The third-order valence-corrected chi connectivity index (χ3v) is 8.60. The van der Waals surface area contributed by atoms with Crippen molar-refractivity contribution >= 4 is 27.5 Å². The molecule has 2 unspecified atom stereocenters. The van der Waals surface area contributed by atoms with E-state index in [1.807, 2.05) is 25.7 Å². The molecule has 3 aliphatic rings. The molecule has 0 spiro atoms. The summed E-state index contributed by atoms with van der Waals surface area (Å²) in [5.41, 5.74) is 1.89. The van der Waals surface area contributed by atoms with Gasteiger partial charge in [0, 0.05) is 75.6 Å². The summed E-state index contributed by atoms with van der Waals surface area (Å²) in [7, 11) is -3.10. The molecule has 0 aliphatic carbocycles.